The molecule has 3 aromatic rings. The van der Waals surface area contributed by atoms with Crippen LogP contribution >= 0.6 is 0 Å². The summed E-state index contributed by atoms with van der Waals surface area (Å²) in [6, 6.07) is 13.5. The first-order valence-corrected chi connectivity index (χ1v) is 9.69. The number of amides is 1. The average molecular weight is 393 g/mol. The van der Waals surface area contributed by atoms with E-state index in [9.17, 15) is 9.59 Å². The lowest BCUT2D eigenvalue weighted by atomic mass is 10.2. The second-order valence-electron chi connectivity index (χ2n) is 6.96. The lowest BCUT2D eigenvalue weighted by molar-refractivity contribution is -0.125. The van der Waals surface area contributed by atoms with Gasteiger partial charge < -0.3 is 10.1 Å². The van der Waals surface area contributed by atoms with Crippen LogP contribution in [0.25, 0.3) is 0 Å². The highest BCUT2D eigenvalue weighted by atomic mass is 16.5. The Balaban J connectivity index is 1.39. The molecule has 0 saturated carbocycles. The van der Waals surface area contributed by atoms with Crippen molar-refractivity contribution < 1.29 is 9.53 Å². The number of nitrogens with zero attached hydrogens (tertiary/aromatic N) is 4. The normalized spacial score (nSPS) is 15.7. The van der Waals surface area contributed by atoms with Gasteiger partial charge in [-0.2, -0.15) is 5.10 Å². The number of carbonyl (C=O) groups excluding carboxylic acids is 1. The maximum Gasteiger partial charge on any atom is 0.346 e. The van der Waals surface area contributed by atoms with Gasteiger partial charge in [0.1, 0.15) is 6.10 Å². The Morgan fingerprint density at radius 3 is 2.79 bits per heavy atom. The number of pyridine rings is 1. The van der Waals surface area contributed by atoms with Crippen LogP contribution in [0.1, 0.15) is 29.5 Å². The van der Waals surface area contributed by atoms with Crippen LogP contribution in [-0.4, -0.2) is 38.4 Å². The van der Waals surface area contributed by atoms with Gasteiger partial charge >= 0.3 is 5.69 Å². The monoisotopic (exact) mass is 393 g/mol. The van der Waals surface area contributed by atoms with Crippen molar-refractivity contribution in [3.8, 4) is 0 Å². The molecule has 0 fully saturated rings. The molecular formula is C21H23N5O3. The third kappa shape index (κ3) is 4.60. The molecule has 0 spiro atoms. The number of ether oxygens (including phenoxy) is 1. The zero-order chi connectivity index (χ0) is 20.1. The van der Waals surface area contributed by atoms with Gasteiger partial charge in [-0.25, -0.2) is 9.48 Å². The first-order valence-electron chi connectivity index (χ1n) is 9.69. The zero-order valence-corrected chi connectivity index (χ0v) is 16.0. The number of carbonyl (C=O) groups is 1. The number of nitrogens with one attached hydrogen (secondary N) is 1. The smallest absolute Gasteiger partial charge is 0.346 e. The van der Waals surface area contributed by atoms with Crippen LogP contribution in [-0.2, 0) is 29.0 Å². The van der Waals surface area contributed by atoms with Crippen LogP contribution < -0.4 is 11.0 Å². The Bertz CT molecular complexity index is 1010. The second kappa shape index (κ2) is 8.83. The van der Waals surface area contributed by atoms with E-state index < -0.39 is 6.10 Å². The van der Waals surface area contributed by atoms with E-state index in [1.807, 2.05) is 42.5 Å². The van der Waals surface area contributed by atoms with Crippen molar-refractivity contribution in [3.63, 3.8) is 0 Å². The van der Waals surface area contributed by atoms with Crippen LogP contribution in [0.2, 0.25) is 0 Å². The molecule has 1 aliphatic rings. The summed E-state index contributed by atoms with van der Waals surface area (Å²) in [5, 5.41) is 7.36. The van der Waals surface area contributed by atoms with E-state index in [2.05, 4.69) is 15.4 Å². The minimum atomic E-state index is -0.521. The fourth-order valence-electron chi connectivity index (χ4n) is 3.41. The molecule has 2 aromatic heterocycles. The number of hydrogen-bond donors (Lipinski definition) is 1. The first-order chi connectivity index (χ1) is 14.2. The quantitative estimate of drug-likeness (QED) is 0.654. The third-order valence-electron chi connectivity index (χ3n) is 4.88. The van der Waals surface area contributed by atoms with Crippen LogP contribution in [0.15, 0.2) is 59.7 Å². The van der Waals surface area contributed by atoms with Gasteiger partial charge in [-0.05, 0) is 23.6 Å². The molecule has 1 aromatic carbocycles. The van der Waals surface area contributed by atoms with Crippen LogP contribution in [0.4, 0.5) is 0 Å². The molecule has 4 rings (SSSR count). The van der Waals surface area contributed by atoms with Crippen molar-refractivity contribution in [1.82, 2.24) is 24.6 Å². The maximum atomic E-state index is 12.7. The molecule has 0 aliphatic carbocycles. The minimum Gasteiger partial charge on any atom is -0.368 e. The summed E-state index contributed by atoms with van der Waals surface area (Å²) in [5.74, 6) is 0.386. The fourth-order valence-corrected chi connectivity index (χ4v) is 3.41. The highest BCUT2D eigenvalue weighted by molar-refractivity contribution is 5.76. The standard InChI is InChI=1S/C21H23N5O3/c27-19(23-10-8-16-7-4-9-22-14-16)13-18-20-24-26(15-17-5-2-1-3-6-17)21(28)25(20)11-12-29-18/h1-7,9,14,18H,8,10-13,15H2,(H,23,27). The molecule has 3 heterocycles. The lowest BCUT2D eigenvalue weighted by Gasteiger charge is -2.22. The summed E-state index contributed by atoms with van der Waals surface area (Å²) < 4.78 is 8.80. The summed E-state index contributed by atoms with van der Waals surface area (Å²) in [7, 11) is 0. The highest BCUT2D eigenvalue weighted by Crippen LogP contribution is 2.22. The summed E-state index contributed by atoms with van der Waals surface area (Å²) in [5.41, 5.74) is 1.89. The molecule has 1 N–H and O–H groups in total. The molecule has 1 atom stereocenters. The van der Waals surface area contributed by atoms with E-state index in [-0.39, 0.29) is 18.0 Å². The number of fused-ring (bicyclic) bond motifs is 1. The topological polar surface area (TPSA) is 91.0 Å². The zero-order valence-electron chi connectivity index (χ0n) is 16.0. The van der Waals surface area contributed by atoms with E-state index in [1.165, 1.54) is 4.68 Å². The summed E-state index contributed by atoms with van der Waals surface area (Å²) >= 11 is 0. The van der Waals surface area contributed by atoms with Gasteiger partial charge in [0.25, 0.3) is 0 Å². The van der Waals surface area contributed by atoms with Crippen molar-refractivity contribution in [2.75, 3.05) is 13.2 Å². The number of rotatable bonds is 7. The van der Waals surface area contributed by atoms with Gasteiger partial charge in [0.15, 0.2) is 5.82 Å². The molecule has 1 aliphatic heterocycles. The van der Waals surface area contributed by atoms with Crippen molar-refractivity contribution in [2.24, 2.45) is 0 Å². The maximum absolute atomic E-state index is 12.7. The van der Waals surface area contributed by atoms with E-state index in [0.29, 0.717) is 38.5 Å². The number of hydrogen-bond acceptors (Lipinski definition) is 5. The number of benzene rings is 1. The van der Waals surface area contributed by atoms with Crippen molar-refractivity contribution in [3.05, 3.63) is 82.3 Å². The van der Waals surface area contributed by atoms with Gasteiger partial charge in [-0.15, -0.1) is 0 Å². The van der Waals surface area contributed by atoms with E-state index in [1.54, 1.807) is 17.0 Å². The summed E-state index contributed by atoms with van der Waals surface area (Å²) in [4.78, 5) is 29.1. The molecule has 0 radical (unpaired) electrons. The van der Waals surface area contributed by atoms with Gasteiger partial charge in [0, 0.05) is 18.9 Å². The highest BCUT2D eigenvalue weighted by Gasteiger charge is 2.28. The van der Waals surface area contributed by atoms with Crippen LogP contribution in [0.5, 0.6) is 0 Å². The Hall–Kier alpha value is -3.26. The van der Waals surface area contributed by atoms with Crippen LogP contribution in [0, 0.1) is 0 Å². The van der Waals surface area contributed by atoms with Gasteiger partial charge in [-0.1, -0.05) is 36.4 Å². The Kier molecular flexibility index (Phi) is 5.81. The SMILES string of the molecule is O=C(CC1OCCn2c1nn(Cc1ccccc1)c2=O)NCCc1cccnc1. The Morgan fingerprint density at radius 2 is 2.00 bits per heavy atom. The fraction of sp³-hybridized carbons (Fsp3) is 0.333. The van der Waals surface area contributed by atoms with Gasteiger partial charge in [0.2, 0.25) is 5.91 Å². The number of aromatic nitrogens is 4. The predicted molar refractivity (Wildman–Crippen MR) is 106 cm³/mol. The van der Waals surface area contributed by atoms with Crippen molar-refractivity contribution in [1.29, 1.82) is 0 Å². The molecule has 29 heavy (non-hydrogen) atoms. The minimum absolute atomic E-state index is 0.127. The lowest BCUT2D eigenvalue weighted by Crippen LogP contribution is -2.33. The molecule has 0 bridgehead atoms. The molecule has 1 unspecified atom stereocenters. The van der Waals surface area contributed by atoms with Gasteiger partial charge in [0.05, 0.1) is 26.1 Å². The largest absolute Gasteiger partial charge is 0.368 e. The summed E-state index contributed by atoms with van der Waals surface area (Å²) in [6.45, 7) is 1.75. The van der Waals surface area contributed by atoms with E-state index in [4.69, 9.17) is 4.74 Å². The molecule has 0 saturated heterocycles. The van der Waals surface area contributed by atoms with Crippen molar-refractivity contribution >= 4 is 5.91 Å². The van der Waals surface area contributed by atoms with Crippen molar-refractivity contribution in [2.45, 2.75) is 32.0 Å². The Morgan fingerprint density at radius 1 is 1.17 bits per heavy atom. The summed E-state index contributed by atoms with van der Waals surface area (Å²) in [6.07, 6.45) is 3.83. The van der Waals surface area contributed by atoms with E-state index in [0.717, 1.165) is 11.1 Å². The predicted octanol–water partition coefficient (Wildman–Crippen LogP) is 1.31. The van der Waals surface area contributed by atoms with Crippen LogP contribution in [0.3, 0.4) is 0 Å². The molecule has 1 amide bonds. The second-order valence-corrected chi connectivity index (χ2v) is 6.96. The average Bonchev–Trinajstić information content (AvgIpc) is 3.06. The first kappa shape index (κ1) is 19.1. The van der Waals surface area contributed by atoms with E-state index >= 15 is 0 Å². The molecule has 150 valence electrons. The van der Waals surface area contributed by atoms with Gasteiger partial charge in [-0.3, -0.25) is 14.3 Å². The third-order valence-corrected chi connectivity index (χ3v) is 4.88. The molecule has 8 nitrogen and oxygen atoms in total. The molecule has 8 heteroatoms. The molecular weight excluding hydrogens is 370 g/mol. The Labute approximate surface area is 168 Å².